The van der Waals surface area contributed by atoms with Gasteiger partial charge >= 0.3 is 0 Å². The highest BCUT2D eigenvalue weighted by Crippen LogP contribution is 2.26. The summed E-state index contributed by atoms with van der Waals surface area (Å²) in [5.74, 6) is -0.631. The fraction of sp³-hybridized carbons (Fsp3) is 0.0769. The monoisotopic (exact) mass is 280 g/mol. The van der Waals surface area contributed by atoms with Gasteiger partial charge in [0.05, 0.1) is 18.2 Å². The molecule has 0 atom stereocenters. The predicted molar refractivity (Wildman–Crippen MR) is 69.0 cm³/mol. The van der Waals surface area contributed by atoms with Crippen LogP contribution < -0.4 is 0 Å². The fourth-order valence-corrected chi connectivity index (χ4v) is 2.12. The van der Waals surface area contributed by atoms with Crippen molar-refractivity contribution < 1.29 is 4.39 Å². The smallest absolute Gasteiger partial charge is 0.213 e. The molecule has 2 aromatic rings. The first kappa shape index (κ1) is 12.8. The molecule has 0 bridgehead atoms. The van der Waals surface area contributed by atoms with Gasteiger partial charge in [-0.2, -0.15) is 9.65 Å². The normalized spacial score (nSPS) is 10.1. The first-order valence-corrected chi connectivity index (χ1v) is 5.84. The molecule has 18 heavy (non-hydrogen) atoms. The number of pyridine rings is 1. The van der Waals surface area contributed by atoms with Gasteiger partial charge in [0, 0.05) is 15.6 Å². The Labute approximate surface area is 114 Å². The minimum Gasteiger partial charge on any atom is -0.220 e. The summed E-state index contributed by atoms with van der Waals surface area (Å²) in [4.78, 5) is 3.78. The van der Waals surface area contributed by atoms with E-state index in [4.69, 9.17) is 28.5 Å². The maximum Gasteiger partial charge on any atom is 0.213 e. The highest BCUT2D eigenvalue weighted by molar-refractivity contribution is 6.35. The van der Waals surface area contributed by atoms with Gasteiger partial charge < -0.3 is 0 Å². The summed E-state index contributed by atoms with van der Waals surface area (Å²) in [6, 6.07) is 9.72. The van der Waals surface area contributed by atoms with Crippen LogP contribution in [0.25, 0.3) is 11.3 Å². The SMILES string of the molecule is N#CCc1cc(F)nc(-c2cc(Cl)cc(Cl)c2)c1. The molecule has 0 amide bonds. The van der Waals surface area contributed by atoms with Gasteiger partial charge in [-0.05, 0) is 35.9 Å². The molecule has 2 rings (SSSR count). The molecular formula is C13H7Cl2FN2. The van der Waals surface area contributed by atoms with Crippen LogP contribution in [0.2, 0.25) is 10.0 Å². The lowest BCUT2D eigenvalue weighted by Crippen LogP contribution is -1.92. The van der Waals surface area contributed by atoms with Crippen molar-refractivity contribution in [1.29, 1.82) is 5.26 Å². The van der Waals surface area contributed by atoms with E-state index in [0.717, 1.165) is 0 Å². The predicted octanol–water partition coefficient (Wildman–Crippen LogP) is 4.26. The van der Waals surface area contributed by atoms with Crippen LogP contribution in [-0.4, -0.2) is 4.98 Å². The Hall–Kier alpha value is -1.63. The average molecular weight is 281 g/mol. The maximum atomic E-state index is 13.4. The van der Waals surface area contributed by atoms with Crippen LogP contribution in [0.1, 0.15) is 5.56 Å². The molecule has 1 aromatic heterocycles. The number of aromatic nitrogens is 1. The fourth-order valence-electron chi connectivity index (χ4n) is 1.59. The number of hydrogen-bond acceptors (Lipinski definition) is 2. The molecule has 2 nitrogen and oxygen atoms in total. The van der Waals surface area contributed by atoms with E-state index in [1.54, 1.807) is 24.3 Å². The third-order valence-electron chi connectivity index (χ3n) is 2.30. The van der Waals surface area contributed by atoms with Crippen LogP contribution in [0, 0.1) is 17.3 Å². The van der Waals surface area contributed by atoms with E-state index in [0.29, 0.717) is 26.9 Å². The number of nitriles is 1. The van der Waals surface area contributed by atoms with E-state index in [9.17, 15) is 4.39 Å². The van der Waals surface area contributed by atoms with Crippen molar-refractivity contribution in [1.82, 2.24) is 4.98 Å². The summed E-state index contributed by atoms with van der Waals surface area (Å²) in [6.45, 7) is 0. The van der Waals surface area contributed by atoms with E-state index >= 15 is 0 Å². The topological polar surface area (TPSA) is 36.7 Å². The van der Waals surface area contributed by atoms with Crippen molar-refractivity contribution in [3.05, 3.63) is 51.9 Å². The Morgan fingerprint density at radius 1 is 1.11 bits per heavy atom. The zero-order valence-electron chi connectivity index (χ0n) is 9.12. The lowest BCUT2D eigenvalue weighted by Gasteiger charge is -2.05. The third kappa shape index (κ3) is 2.98. The van der Waals surface area contributed by atoms with Crippen molar-refractivity contribution in [3.8, 4) is 17.3 Å². The summed E-state index contributed by atoms with van der Waals surface area (Å²) < 4.78 is 13.4. The first-order chi connectivity index (χ1) is 8.58. The van der Waals surface area contributed by atoms with Crippen molar-refractivity contribution in [3.63, 3.8) is 0 Å². The second-order valence-electron chi connectivity index (χ2n) is 3.68. The number of benzene rings is 1. The van der Waals surface area contributed by atoms with Gasteiger partial charge in [-0.1, -0.05) is 23.2 Å². The molecule has 1 heterocycles. The molecule has 0 aliphatic carbocycles. The summed E-state index contributed by atoms with van der Waals surface area (Å²) in [6.07, 6.45) is 0.126. The largest absolute Gasteiger partial charge is 0.220 e. The molecule has 0 N–H and O–H groups in total. The number of halogens is 3. The summed E-state index contributed by atoms with van der Waals surface area (Å²) >= 11 is 11.8. The minimum absolute atomic E-state index is 0.126. The molecule has 0 aliphatic heterocycles. The van der Waals surface area contributed by atoms with E-state index in [1.807, 2.05) is 6.07 Å². The second-order valence-corrected chi connectivity index (χ2v) is 4.55. The molecule has 90 valence electrons. The van der Waals surface area contributed by atoms with Crippen molar-refractivity contribution >= 4 is 23.2 Å². The van der Waals surface area contributed by atoms with Gasteiger partial charge in [-0.25, -0.2) is 4.98 Å². The number of rotatable bonds is 2. The standard InChI is InChI=1S/C13H7Cl2FN2/c14-10-5-9(6-11(15)7-10)12-3-8(1-2-17)4-13(16)18-12/h3-7H,1H2. The summed E-state index contributed by atoms with van der Waals surface area (Å²) in [7, 11) is 0. The van der Waals surface area contributed by atoms with Crippen molar-refractivity contribution in [2.75, 3.05) is 0 Å². The molecular weight excluding hydrogens is 274 g/mol. The Kier molecular flexibility index (Phi) is 3.81. The van der Waals surface area contributed by atoms with Crippen LogP contribution in [0.5, 0.6) is 0 Å². The van der Waals surface area contributed by atoms with E-state index in [-0.39, 0.29) is 6.42 Å². The zero-order valence-corrected chi connectivity index (χ0v) is 10.6. The van der Waals surface area contributed by atoms with Crippen LogP contribution in [-0.2, 0) is 6.42 Å². The highest BCUT2D eigenvalue weighted by Gasteiger charge is 2.07. The zero-order chi connectivity index (χ0) is 13.1. The average Bonchev–Trinajstić information content (AvgIpc) is 2.27. The van der Waals surface area contributed by atoms with E-state index in [2.05, 4.69) is 4.98 Å². The van der Waals surface area contributed by atoms with Gasteiger partial charge in [-0.15, -0.1) is 0 Å². The van der Waals surface area contributed by atoms with Gasteiger partial charge in [0.1, 0.15) is 0 Å². The molecule has 0 spiro atoms. The van der Waals surface area contributed by atoms with Crippen LogP contribution >= 0.6 is 23.2 Å². The van der Waals surface area contributed by atoms with Crippen molar-refractivity contribution in [2.45, 2.75) is 6.42 Å². The summed E-state index contributed by atoms with van der Waals surface area (Å²) in [5.41, 5.74) is 1.59. The first-order valence-electron chi connectivity index (χ1n) is 5.08. The van der Waals surface area contributed by atoms with Crippen LogP contribution in [0.4, 0.5) is 4.39 Å². The molecule has 0 saturated heterocycles. The molecule has 1 aromatic carbocycles. The molecule has 0 saturated carbocycles. The molecule has 0 unspecified atom stereocenters. The van der Waals surface area contributed by atoms with Gasteiger partial charge in [0.2, 0.25) is 5.95 Å². The van der Waals surface area contributed by atoms with Gasteiger partial charge in [-0.3, -0.25) is 0 Å². The third-order valence-corrected chi connectivity index (χ3v) is 2.73. The molecule has 0 radical (unpaired) electrons. The highest BCUT2D eigenvalue weighted by atomic mass is 35.5. The molecule has 0 fully saturated rings. The maximum absolute atomic E-state index is 13.4. The lowest BCUT2D eigenvalue weighted by atomic mass is 10.1. The minimum atomic E-state index is -0.631. The molecule has 5 heteroatoms. The second kappa shape index (κ2) is 5.34. The lowest BCUT2D eigenvalue weighted by molar-refractivity contribution is 0.583. The van der Waals surface area contributed by atoms with E-state index < -0.39 is 5.95 Å². The summed E-state index contributed by atoms with van der Waals surface area (Å²) in [5, 5.41) is 9.52. The van der Waals surface area contributed by atoms with Crippen LogP contribution in [0.3, 0.4) is 0 Å². The number of nitrogens with zero attached hydrogens (tertiary/aromatic N) is 2. The van der Waals surface area contributed by atoms with Gasteiger partial charge in [0.25, 0.3) is 0 Å². The Morgan fingerprint density at radius 3 is 2.39 bits per heavy atom. The Morgan fingerprint density at radius 2 is 1.78 bits per heavy atom. The number of hydrogen-bond donors (Lipinski definition) is 0. The van der Waals surface area contributed by atoms with Crippen molar-refractivity contribution in [2.24, 2.45) is 0 Å². The quantitative estimate of drug-likeness (QED) is 0.771. The van der Waals surface area contributed by atoms with E-state index in [1.165, 1.54) is 6.07 Å². The van der Waals surface area contributed by atoms with Crippen LogP contribution in [0.15, 0.2) is 30.3 Å². The Balaban J connectivity index is 2.53. The Bertz CT molecular complexity index is 615. The van der Waals surface area contributed by atoms with Gasteiger partial charge in [0.15, 0.2) is 0 Å². The molecule has 0 aliphatic rings.